The number of rotatable bonds is 10. The van der Waals surface area contributed by atoms with Gasteiger partial charge in [-0.3, -0.25) is 9.59 Å². The van der Waals surface area contributed by atoms with Gasteiger partial charge in [0.2, 0.25) is 11.8 Å². The van der Waals surface area contributed by atoms with Gasteiger partial charge in [0.1, 0.15) is 17.1 Å². The van der Waals surface area contributed by atoms with Gasteiger partial charge in [-0.1, -0.05) is 30.9 Å². The number of aromatic nitrogens is 2. The van der Waals surface area contributed by atoms with Crippen LogP contribution in [-0.4, -0.2) is 47.0 Å². The van der Waals surface area contributed by atoms with Gasteiger partial charge in [-0.15, -0.1) is 0 Å². The zero-order valence-electron chi connectivity index (χ0n) is 17.9. The van der Waals surface area contributed by atoms with E-state index >= 15 is 0 Å². The first kappa shape index (κ1) is 22.9. The molecule has 1 aromatic heterocycles. The normalized spacial score (nSPS) is 22.8. The number of nitrogens with zero attached hydrogens (tertiary/aromatic N) is 2. The summed E-state index contributed by atoms with van der Waals surface area (Å²) >= 11 is 6.43. The summed E-state index contributed by atoms with van der Waals surface area (Å²) in [5.74, 6) is 1.03. The lowest BCUT2D eigenvalue weighted by molar-refractivity contribution is -0.123. The molecule has 1 amide bonds. The molecule has 0 aliphatic heterocycles. The van der Waals surface area contributed by atoms with Crippen molar-refractivity contribution >= 4 is 23.3 Å². The average molecular weight is 438 g/mol. The van der Waals surface area contributed by atoms with Crippen molar-refractivity contribution in [1.82, 2.24) is 15.3 Å². The summed E-state index contributed by atoms with van der Waals surface area (Å²) in [6, 6.07) is 0.00682. The van der Waals surface area contributed by atoms with Crippen molar-refractivity contribution in [3.8, 4) is 5.88 Å². The number of amides is 1. The van der Waals surface area contributed by atoms with Crippen molar-refractivity contribution in [2.75, 3.05) is 13.2 Å². The quantitative estimate of drug-likeness (QED) is 0.602. The number of Topliss-reactive ketones (excluding diaryl/α,β-unsaturated/α-hetero) is 1. The minimum absolute atomic E-state index is 0.00682. The summed E-state index contributed by atoms with van der Waals surface area (Å²) in [6.07, 6.45) is 9.08. The molecule has 0 saturated heterocycles. The monoisotopic (exact) mass is 437 g/mol. The van der Waals surface area contributed by atoms with Crippen LogP contribution in [0, 0.1) is 11.8 Å². The second kappa shape index (κ2) is 11.0. The number of nitrogens with one attached hydrogen (secondary N) is 1. The lowest BCUT2D eigenvalue weighted by Gasteiger charge is -2.35. The van der Waals surface area contributed by atoms with Crippen LogP contribution in [0.1, 0.15) is 64.5 Å². The fourth-order valence-electron chi connectivity index (χ4n) is 4.16. The van der Waals surface area contributed by atoms with Crippen LogP contribution in [0.4, 0.5) is 0 Å². The van der Waals surface area contributed by atoms with Gasteiger partial charge >= 0.3 is 0 Å². The maximum atomic E-state index is 12.6. The first-order chi connectivity index (χ1) is 14.4. The van der Waals surface area contributed by atoms with Gasteiger partial charge in [0, 0.05) is 18.9 Å². The highest BCUT2D eigenvalue weighted by Gasteiger charge is 2.31. The Kier molecular flexibility index (Phi) is 8.45. The first-order valence-electron chi connectivity index (χ1n) is 11.0. The molecule has 0 aromatic carbocycles. The SMILES string of the molecule is CC(=O)N[C@@H](C)COC1CC(COc2ncnc(CC(=O)C3CCCCC3)c2Cl)C1. The van der Waals surface area contributed by atoms with Crippen molar-refractivity contribution in [2.24, 2.45) is 11.8 Å². The number of ketones is 1. The van der Waals surface area contributed by atoms with E-state index in [1.165, 1.54) is 19.7 Å². The Morgan fingerprint density at radius 2 is 1.97 bits per heavy atom. The van der Waals surface area contributed by atoms with E-state index in [4.69, 9.17) is 21.1 Å². The van der Waals surface area contributed by atoms with E-state index < -0.39 is 0 Å². The van der Waals surface area contributed by atoms with Gasteiger partial charge in [0.05, 0.1) is 31.4 Å². The zero-order chi connectivity index (χ0) is 21.5. The second-order valence-electron chi connectivity index (χ2n) is 8.62. The molecule has 2 aliphatic rings. The maximum Gasteiger partial charge on any atom is 0.236 e. The predicted molar refractivity (Wildman–Crippen MR) is 114 cm³/mol. The van der Waals surface area contributed by atoms with Crippen LogP contribution < -0.4 is 10.1 Å². The highest BCUT2D eigenvalue weighted by molar-refractivity contribution is 6.32. The van der Waals surface area contributed by atoms with E-state index in [0.29, 0.717) is 35.7 Å². The molecule has 1 atom stereocenters. The fraction of sp³-hybridized carbons (Fsp3) is 0.727. The lowest BCUT2D eigenvalue weighted by Crippen LogP contribution is -2.40. The van der Waals surface area contributed by atoms with Crippen LogP contribution in [0.3, 0.4) is 0 Å². The Labute approximate surface area is 183 Å². The summed E-state index contributed by atoms with van der Waals surface area (Å²) in [7, 11) is 0. The van der Waals surface area contributed by atoms with E-state index in [1.807, 2.05) is 6.92 Å². The Morgan fingerprint density at radius 1 is 1.23 bits per heavy atom. The molecule has 0 radical (unpaired) electrons. The van der Waals surface area contributed by atoms with E-state index in [9.17, 15) is 9.59 Å². The topological polar surface area (TPSA) is 90.4 Å². The largest absolute Gasteiger partial charge is 0.476 e. The van der Waals surface area contributed by atoms with Crippen molar-refractivity contribution in [3.63, 3.8) is 0 Å². The molecule has 0 unspecified atom stereocenters. The molecule has 0 spiro atoms. The van der Waals surface area contributed by atoms with Gasteiger partial charge in [0.15, 0.2) is 0 Å². The molecule has 1 aromatic rings. The highest BCUT2D eigenvalue weighted by Crippen LogP contribution is 2.33. The van der Waals surface area contributed by atoms with Crippen molar-refractivity contribution in [2.45, 2.75) is 77.4 Å². The maximum absolute atomic E-state index is 12.6. The van der Waals surface area contributed by atoms with E-state index in [1.54, 1.807) is 0 Å². The van der Waals surface area contributed by atoms with Gasteiger partial charge in [-0.2, -0.15) is 0 Å². The summed E-state index contributed by atoms with van der Waals surface area (Å²) in [6.45, 7) is 4.44. The fourth-order valence-corrected chi connectivity index (χ4v) is 4.38. The Hall–Kier alpha value is -1.73. The van der Waals surface area contributed by atoms with E-state index in [2.05, 4.69) is 15.3 Å². The first-order valence-corrected chi connectivity index (χ1v) is 11.3. The van der Waals surface area contributed by atoms with Crippen molar-refractivity contribution in [3.05, 3.63) is 17.0 Å². The third-order valence-corrected chi connectivity index (χ3v) is 6.29. The van der Waals surface area contributed by atoms with Crippen molar-refractivity contribution in [1.29, 1.82) is 0 Å². The molecule has 8 heteroatoms. The van der Waals surface area contributed by atoms with Crippen LogP contribution in [0.25, 0.3) is 0 Å². The van der Waals surface area contributed by atoms with Gasteiger partial charge in [-0.25, -0.2) is 9.97 Å². The van der Waals surface area contributed by atoms with Gasteiger partial charge in [-0.05, 0) is 38.5 Å². The molecule has 2 fully saturated rings. The van der Waals surface area contributed by atoms with Crippen LogP contribution >= 0.6 is 11.6 Å². The molecular weight excluding hydrogens is 406 g/mol. The summed E-state index contributed by atoms with van der Waals surface area (Å²) < 4.78 is 11.6. The summed E-state index contributed by atoms with van der Waals surface area (Å²) in [4.78, 5) is 31.9. The van der Waals surface area contributed by atoms with Crippen LogP contribution in [-0.2, 0) is 20.7 Å². The third-order valence-electron chi connectivity index (χ3n) is 5.91. The molecule has 0 bridgehead atoms. The minimum Gasteiger partial charge on any atom is -0.476 e. The zero-order valence-corrected chi connectivity index (χ0v) is 18.6. The molecule has 1 heterocycles. The molecule has 30 heavy (non-hydrogen) atoms. The summed E-state index contributed by atoms with van der Waals surface area (Å²) in [5.41, 5.74) is 0.555. The molecular formula is C22H32ClN3O4. The van der Waals surface area contributed by atoms with Crippen LogP contribution in [0.2, 0.25) is 5.02 Å². The van der Waals surface area contributed by atoms with Crippen LogP contribution in [0.15, 0.2) is 6.33 Å². The smallest absolute Gasteiger partial charge is 0.236 e. The Balaban J connectivity index is 1.41. The number of carbonyl (C=O) groups is 2. The standard InChI is InChI=1S/C22H32ClN3O4/c1-14(26-15(2)27)11-29-18-8-16(9-18)12-30-22-21(23)19(24-13-25-22)10-20(28)17-6-4-3-5-7-17/h13-14,16-18H,3-12H2,1-2H3,(H,26,27)/t14-,16?,18?/m0/s1. The minimum atomic E-state index is -0.0486. The highest BCUT2D eigenvalue weighted by atomic mass is 35.5. The number of carbonyl (C=O) groups excluding carboxylic acids is 2. The van der Waals surface area contributed by atoms with Crippen LogP contribution in [0.5, 0.6) is 5.88 Å². The molecule has 1 N–H and O–H groups in total. The molecule has 7 nitrogen and oxygen atoms in total. The van der Waals surface area contributed by atoms with E-state index in [0.717, 1.165) is 38.5 Å². The number of hydrogen-bond acceptors (Lipinski definition) is 6. The summed E-state index contributed by atoms with van der Waals surface area (Å²) in [5, 5.41) is 3.15. The molecule has 166 valence electrons. The number of hydrogen-bond donors (Lipinski definition) is 1. The molecule has 2 saturated carbocycles. The second-order valence-corrected chi connectivity index (χ2v) is 9.00. The number of ether oxygens (including phenoxy) is 2. The van der Waals surface area contributed by atoms with Gasteiger partial charge < -0.3 is 14.8 Å². The average Bonchev–Trinajstić information content (AvgIpc) is 2.69. The lowest BCUT2D eigenvalue weighted by atomic mass is 9.83. The van der Waals surface area contributed by atoms with Crippen molar-refractivity contribution < 1.29 is 19.1 Å². The van der Waals surface area contributed by atoms with E-state index in [-0.39, 0.29) is 36.2 Å². The third kappa shape index (κ3) is 6.64. The molecule has 3 rings (SSSR count). The number of halogens is 1. The Bertz CT molecular complexity index is 733. The predicted octanol–water partition coefficient (Wildman–Crippen LogP) is 3.52. The Morgan fingerprint density at radius 3 is 2.67 bits per heavy atom. The molecule has 2 aliphatic carbocycles. The van der Waals surface area contributed by atoms with Gasteiger partial charge in [0.25, 0.3) is 0 Å².